The van der Waals surface area contributed by atoms with Crippen LogP contribution in [0.3, 0.4) is 0 Å². The molecule has 2 nitrogen and oxygen atoms in total. The van der Waals surface area contributed by atoms with E-state index in [2.05, 4.69) is 13.8 Å². The van der Waals surface area contributed by atoms with Crippen molar-refractivity contribution in [2.24, 2.45) is 0 Å². The fourth-order valence-corrected chi connectivity index (χ4v) is 3.43. The van der Waals surface area contributed by atoms with Crippen LogP contribution in [0.15, 0.2) is 0 Å². The summed E-state index contributed by atoms with van der Waals surface area (Å²) in [6.45, 7) is 5.10. The predicted molar refractivity (Wildman–Crippen MR) is 115 cm³/mol. The Morgan fingerprint density at radius 1 is 0.500 bits per heavy atom. The van der Waals surface area contributed by atoms with E-state index in [1.54, 1.807) is 0 Å². The number of esters is 1. The van der Waals surface area contributed by atoms with Crippen LogP contribution in [0.4, 0.5) is 0 Å². The molecular formula is C24H48O2. The van der Waals surface area contributed by atoms with Gasteiger partial charge in [-0.3, -0.25) is 4.79 Å². The molecule has 0 N–H and O–H groups in total. The van der Waals surface area contributed by atoms with Crippen molar-refractivity contribution in [2.75, 3.05) is 6.61 Å². The van der Waals surface area contributed by atoms with Crippen molar-refractivity contribution in [1.29, 1.82) is 0 Å². The van der Waals surface area contributed by atoms with Crippen LogP contribution in [0.1, 0.15) is 142 Å². The van der Waals surface area contributed by atoms with Gasteiger partial charge in [0.15, 0.2) is 0 Å². The minimum atomic E-state index is 0.0104. The van der Waals surface area contributed by atoms with Crippen LogP contribution in [-0.2, 0) is 9.53 Å². The van der Waals surface area contributed by atoms with Crippen LogP contribution in [-0.4, -0.2) is 12.6 Å². The van der Waals surface area contributed by atoms with Crippen LogP contribution in [0, 0.1) is 0 Å². The number of hydrogen-bond donors (Lipinski definition) is 0. The zero-order chi connectivity index (χ0) is 19.1. The van der Waals surface area contributed by atoms with Gasteiger partial charge < -0.3 is 4.74 Å². The van der Waals surface area contributed by atoms with E-state index < -0.39 is 0 Å². The summed E-state index contributed by atoms with van der Waals surface area (Å²) >= 11 is 0. The molecule has 0 aromatic rings. The Morgan fingerprint density at radius 3 is 1.27 bits per heavy atom. The van der Waals surface area contributed by atoms with E-state index in [1.807, 2.05) is 0 Å². The highest BCUT2D eigenvalue weighted by Crippen LogP contribution is 2.13. The molecule has 0 heterocycles. The number of hydrogen-bond acceptors (Lipinski definition) is 2. The molecule has 26 heavy (non-hydrogen) atoms. The summed E-state index contributed by atoms with van der Waals surface area (Å²) in [6, 6.07) is 0. The molecule has 0 bridgehead atoms. The number of carbonyl (C=O) groups is 1. The van der Waals surface area contributed by atoms with E-state index in [-0.39, 0.29) is 5.97 Å². The molecule has 0 rings (SSSR count). The molecule has 0 amide bonds. The highest BCUT2D eigenvalue weighted by molar-refractivity contribution is 5.69. The lowest BCUT2D eigenvalue weighted by molar-refractivity contribution is -0.143. The van der Waals surface area contributed by atoms with Crippen molar-refractivity contribution in [3.63, 3.8) is 0 Å². The monoisotopic (exact) mass is 368 g/mol. The largest absolute Gasteiger partial charge is 0.466 e. The minimum Gasteiger partial charge on any atom is -0.466 e. The number of ether oxygens (including phenoxy) is 1. The van der Waals surface area contributed by atoms with Crippen LogP contribution in [0.2, 0.25) is 0 Å². The predicted octanol–water partition coefficient (Wildman–Crippen LogP) is 8.37. The van der Waals surface area contributed by atoms with Gasteiger partial charge in [-0.15, -0.1) is 0 Å². The first-order chi connectivity index (χ1) is 12.8. The van der Waals surface area contributed by atoms with Crippen LogP contribution in [0.25, 0.3) is 0 Å². The molecule has 2 heteroatoms. The Labute approximate surface area is 164 Å². The van der Waals surface area contributed by atoms with Crippen molar-refractivity contribution in [3.8, 4) is 0 Å². The Kier molecular flexibility index (Phi) is 22.1. The van der Waals surface area contributed by atoms with Gasteiger partial charge in [0.2, 0.25) is 0 Å². The quantitative estimate of drug-likeness (QED) is 0.150. The number of rotatable bonds is 21. The maximum absolute atomic E-state index is 11.6. The zero-order valence-corrected chi connectivity index (χ0v) is 18.2. The summed E-state index contributed by atoms with van der Waals surface area (Å²) in [5.41, 5.74) is 0. The molecule has 0 radical (unpaired) electrons. The maximum atomic E-state index is 11.6. The second kappa shape index (κ2) is 22.5. The molecule has 0 saturated carbocycles. The molecular weight excluding hydrogens is 320 g/mol. The Morgan fingerprint density at radius 2 is 0.846 bits per heavy atom. The molecule has 0 saturated heterocycles. The molecule has 0 aromatic carbocycles. The second-order valence-corrected chi connectivity index (χ2v) is 7.98. The first-order valence-corrected chi connectivity index (χ1v) is 12.0. The third-order valence-electron chi connectivity index (χ3n) is 5.25. The van der Waals surface area contributed by atoms with Crippen molar-refractivity contribution >= 4 is 5.97 Å². The van der Waals surface area contributed by atoms with E-state index in [0.717, 1.165) is 12.8 Å². The van der Waals surface area contributed by atoms with Gasteiger partial charge in [0.25, 0.3) is 0 Å². The molecule has 0 aliphatic carbocycles. The molecule has 0 aliphatic rings. The summed E-state index contributed by atoms with van der Waals surface area (Å²) < 4.78 is 5.27. The first-order valence-electron chi connectivity index (χ1n) is 12.0. The molecule has 0 aliphatic heterocycles. The smallest absolute Gasteiger partial charge is 0.305 e. The lowest BCUT2D eigenvalue weighted by Crippen LogP contribution is -2.05. The van der Waals surface area contributed by atoms with Crippen LogP contribution < -0.4 is 0 Å². The lowest BCUT2D eigenvalue weighted by Gasteiger charge is -2.05. The Hall–Kier alpha value is -0.530. The normalized spacial score (nSPS) is 11.0. The SMILES string of the molecule is CCCCCCCCCCCCCCCCCC(=O)OCCCCCC. The third kappa shape index (κ3) is 21.5. The summed E-state index contributed by atoms with van der Waals surface area (Å²) in [7, 11) is 0. The van der Waals surface area contributed by atoms with Gasteiger partial charge >= 0.3 is 5.97 Å². The van der Waals surface area contributed by atoms with E-state index in [9.17, 15) is 4.79 Å². The number of carbonyl (C=O) groups excluding carboxylic acids is 1. The van der Waals surface area contributed by atoms with Crippen molar-refractivity contribution in [3.05, 3.63) is 0 Å². The molecule has 156 valence electrons. The molecule has 0 unspecified atom stereocenters. The highest BCUT2D eigenvalue weighted by atomic mass is 16.5. The molecule has 0 fully saturated rings. The van der Waals surface area contributed by atoms with Gasteiger partial charge in [-0.1, -0.05) is 123 Å². The van der Waals surface area contributed by atoms with Gasteiger partial charge in [0, 0.05) is 6.42 Å². The first kappa shape index (κ1) is 25.5. The molecule has 0 aromatic heterocycles. The fourth-order valence-electron chi connectivity index (χ4n) is 3.43. The maximum Gasteiger partial charge on any atom is 0.305 e. The van der Waals surface area contributed by atoms with E-state index in [4.69, 9.17) is 4.74 Å². The lowest BCUT2D eigenvalue weighted by atomic mass is 10.0. The summed E-state index contributed by atoms with van der Waals surface area (Å²) in [5.74, 6) is 0.0104. The summed E-state index contributed by atoms with van der Waals surface area (Å²) in [6.07, 6.45) is 25.7. The minimum absolute atomic E-state index is 0.0104. The van der Waals surface area contributed by atoms with Gasteiger partial charge in [-0.25, -0.2) is 0 Å². The van der Waals surface area contributed by atoms with Crippen molar-refractivity contribution in [1.82, 2.24) is 0 Å². The van der Waals surface area contributed by atoms with Gasteiger partial charge in [-0.05, 0) is 12.8 Å². The van der Waals surface area contributed by atoms with Gasteiger partial charge in [0.1, 0.15) is 0 Å². The topological polar surface area (TPSA) is 26.3 Å². The third-order valence-corrected chi connectivity index (χ3v) is 5.25. The summed E-state index contributed by atoms with van der Waals surface area (Å²) in [5, 5.41) is 0. The Bertz CT molecular complexity index is 275. The van der Waals surface area contributed by atoms with Crippen molar-refractivity contribution < 1.29 is 9.53 Å². The fraction of sp³-hybridized carbons (Fsp3) is 0.958. The van der Waals surface area contributed by atoms with Crippen molar-refractivity contribution in [2.45, 2.75) is 142 Å². The van der Waals surface area contributed by atoms with Gasteiger partial charge in [0.05, 0.1) is 6.61 Å². The molecule has 0 atom stereocenters. The van der Waals surface area contributed by atoms with E-state index >= 15 is 0 Å². The van der Waals surface area contributed by atoms with E-state index in [1.165, 1.54) is 109 Å². The highest BCUT2D eigenvalue weighted by Gasteiger charge is 2.02. The zero-order valence-electron chi connectivity index (χ0n) is 18.2. The second-order valence-electron chi connectivity index (χ2n) is 7.98. The van der Waals surface area contributed by atoms with E-state index in [0.29, 0.717) is 13.0 Å². The van der Waals surface area contributed by atoms with Gasteiger partial charge in [-0.2, -0.15) is 0 Å². The van der Waals surface area contributed by atoms with Crippen LogP contribution >= 0.6 is 0 Å². The summed E-state index contributed by atoms with van der Waals surface area (Å²) in [4.78, 5) is 11.6. The Balaban J connectivity index is 3.09. The molecule has 0 spiro atoms. The standard InChI is InChI=1S/C24H48O2/c1-3-5-7-9-10-11-12-13-14-15-16-17-18-19-20-22-24(25)26-23-21-8-6-4-2/h3-23H2,1-2H3. The van der Waals surface area contributed by atoms with Crippen LogP contribution in [0.5, 0.6) is 0 Å². The average molecular weight is 369 g/mol. The number of unbranched alkanes of at least 4 members (excludes halogenated alkanes) is 17. The average Bonchev–Trinajstić information content (AvgIpc) is 2.64.